The first-order valence-electron chi connectivity index (χ1n) is 26.2. The van der Waals surface area contributed by atoms with Gasteiger partial charge in [-0.25, -0.2) is 0 Å². The first kappa shape index (κ1) is 44.4. The second-order valence-electron chi connectivity index (χ2n) is 20.7. The number of fused-ring (bicyclic) bond motifs is 7. The van der Waals surface area contributed by atoms with Crippen LogP contribution in [0.4, 0.5) is 17.1 Å². The summed E-state index contributed by atoms with van der Waals surface area (Å²) in [5.41, 5.74) is 25.2. The van der Waals surface area contributed by atoms with E-state index in [1.807, 2.05) is 0 Å². The molecule has 0 heterocycles. The van der Waals surface area contributed by atoms with E-state index in [1.165, 1.54) is 94.2 Å². The van der Waals surface area contributed by atoms with Crippen LogP contribution in [0.1, 0.15) is 47.2 Å². The molecular weight excluding hydrogens is 903 g/mol. The zero-order chi connectivity index (χ0) is 50.1. The Hall–Kier alpha value is -9.30. The molecule has 354 valence electrons. The molecule has 2 aliphatic carbocycles. The van der Waals surface area contributed by atoms with Crippen molar-refractivity contribution in [3.8, 4) is 66.8 Å². The van der Waals surface area contributed by atoms with Gasteiger partial charge in [0.15, 0.2) is 0 Å². The van der Waals surface area contributed by atoms with Gasteiger partial charge in [0.25, 0.3) is 0 Å². The number of hydrogen-bond donors (Lipinski definition) is 0. The van der Waals surface area contributed by atoms with E-state index in [9.17, 15) is 0 Å². The second kappa shape index (κ2) is 17.7. The standard InChI is InChI=1S/C74H53N/c1-73(2)68-35-17-15-30-65(68)67-47-52(41-46-69(67)73)53-39-44-61(54-40-45-66-64-29-16-18-36-70(64)74(71(66)48-54,55-23-9-4-10-24-55)56-25-11-5-12-26-56)72(49-53)75(57-27-13-6-14-28-57)58-42-37-51(38-43-58)60-32-20-33-62-59(31-19-34-63(60)62)50-21-7-3-8-22-50/h3-49H,1-2H3. The van der Waals surface area contributed by atoms with Gasteiger partial charge in [-0.3, -0.25) is 0 Å². The molecule has 12 aromatic rings. The highest BCUT2D eigenvalue weighted by atomic mass is 15.1. The van der Waals surface area contributed by atoms with E-state index in [2.05, 4.69) is 304 Å². The maximum absolute atomic E-state index is 2.50. The molecule has 0 spiro atoms. The van der Waals surface area contributed by atoms with Crippen LogP contribution < -0.4 is 4.90 Å². The van der Waals surface area contributed by atoms with E-state index in [0.29, 0.717) is 0 Å². The van der Waals surface area contributed by atoms with Crippen LogP contribution in [0.25, 0.3) is 77.5 Å². The number of nitrogens with zero attached hydrogens (tertiary/aromatic N) is 1. The topological polar surface area (TPSA) is 3.24 Å². The third-order valence-electron chi connectivity index (χ3n) is 16.4. The van der Waals surface area contributed by atoms with Crippen molar-refractivity contribution >= 4 is 27.8 Å². The van der Waals surface area contributed by atoms with Crippen LogP contribution in [-0.2, 0) is 10.8 Å². The summed E-state index contributed by atoms with van der Waals surface area (Å²) in [7, 11) is 0. The van der Waals surface area contributed by atoms with Gasteiger partial charge in [0.2, 0.25) is 0 Å². The van der Waals surface area contributed by atoms with Crippen molar-refractivity contribution < 1.29 is 0 Å². The third-order valence-corrected chi connectivity index (χ3v) is 16.4. The Balaban J connectivity index is 0.979. The SMILES string of the molecule is CC1(C)c2ccccc2-c2cc(-c3ccc(-c4ccc5c(c4)C(c4ccccc4)(c4ccccc4)c4ccccc4-5)c(N(c4ccccc4)c4ccc(-c5cccc6c(-c7ccccc7)cccc56)cc4)c3)ccc21. The highest BCUT2D eigenvalue weighted by Crippen LogP contribution is 2.58. The highest BCUT2D eigenvalue weighted by molar-refractivity contribution is 6.05. The zero-order valence-electron chi connectivity index (χ0n) is 42.1. The van der Waals surface area contributed by atoms with Crippen LogP contribution >= 0.6 is 0 Å². The predicted molar refractivity (Wildman–Crippen MR) is 315 cm³/mol. The van der Waals surface area contributed by atoms with Crippen molar-refractivity contribution in [2.45, 2.75) is 24.7 Å². The molecule has 0 saturated carbocycles. The zero-order valence-corrected chi connectivity index (χ0v) is 42.1. The Bertz CT molecular complexity index is 4080. The number of hydrogen-bond acceptors (Lipinski definition) is 1. The summed E-state index contributed by atoms with van der Waals surface area (Å²) in [6, 6.07) is 106. The molecule has 12 aromatic carbocycles. The summed E-state index contributed by atoms with van der Waals surface area (Å²) in [4.78, 5) is 2.47. The van der Waals surface area contributed by atoms with Crippen molar-refractivity contribution in [1.82, 2.24) is 0 Å². The number of anilines is 3. The summed E-state index contributed by atoms with van der Waals surface area (Å²) in [5, 5.41) is 2.49. The highest BCUT2D eigenvalue weighted by Gasteiger charge is 2.46. The molecule has 0 unspecified atom stereocenters. The van der Waals surface area contributed by atoms with Crippen LogP contribution in [0.2, 0.25) is 0 Å². The lowest BCUT2D eigenvalue weighted by atomic mass is 9.67. The van der Waals surface area contributed by atoms with Gasteiger partial charge in [0.1, 0.15) is 0 Å². The summed E-state index contributed by atoms with van der Waals surface area (Å²) in [6.07, 6.45) is 0. The second-order valence-corrected chi connectivity index (χ2v) is 20.7. The number of para-hydroxylation sites is 1. The Morgan fingerprint density at radius 1 is 0.253 bits per heavy atom. The molecule has 0 bridgehead atoms. The molecule has 0 aliphatic heterocycles. The van der Waals surface area contributed by atoms with Gasteiger partial charge < -0.3 is 4.90 Å². The van der Waals surface area contributed by atoms with Crippen LogP contribution in [0.5, 0.6) is 0 Å². The van der Waals surface area contributed by atoms with E-state index < -0.39 is 5.41 Å². The summed E-state index contributed by atoms with van der Waals surface area (Å²) < 4.78 is 0. The van der Waals surface area contributed by atoms with E-state index in [1.54, 1.807) is 0 Å². The fourth-order valence-corrected chi connectivity index (χ4v) is 12.9. The minimum atomic E-state index is -0.530. The van der Waals surface area contributed by atoms with Gasteiger partial charge in [-0.05, 0) is 148 Å². The predicted octanol–water partition coefficient (Wildman–Crippen LogP) is 19.6. The van der Waals surface area contributed by atoms with E-state index >= 15 is 0 Å². The summed E-state index contributed by atoms with van der Waals surface area (Å²) in [5.74, 6) is 0. The van der Waals surface area contributed by atoms with E-state index in [4.69, 9.17) is 0 Å². The Morgan fingerprint density at radius 2 is 0.693 bits per heavy atom. The Kier molecular flexibility index (Phi) is 10.5. The lowest BCUT2D eigenvalue weighted by Gasteiger charge is -2.34. The van der Waals surface area contributed by atoms with Gasteiger partial charge in [-0.15, -0.1) is 0 Å². The molecular formula is C74H53N. The number of benzene rings is 12. The molecule has 2 aliphatic rings. The lowest BCUT2D eigenvalue weighted by molar-refractivity contribution is 0.660. The van der Waals surface area contributed by atoms with Crippen LogP contribution in [-0.4, -0.2) is 0 Å². The molecule has 0 saturated heterocycles. The van der Waals surface area contributed by atoms with Gasteiger partial charge in [0, 0.05) is 22.4 Å². The third kappa shape index (κ3) is 7.07. The van der Waals surface area contributed by atoms with Gasteiger partial charge >= 0.3 is 0 Å². The fraction of sp³-hybridized carbons (Fsp3) is 0.0541. The van der Waals surface area contributed by atoms with Crippen LogP contribution in [0.15, 0.2) is 285 Å². The lowest BCUT2D eigenvalue weighted by Crippen LogP contribution is -2.28. The average Bonchev–Trinajstić information content (AvgIpc) is 4.05. The monoisotopic (exact) mass is 955 g/mol. The van der Waals surface area contributed by atoms with Crippen molar-refractivity contribution in [2.24, 2.45) is 0 Å². The normalized spacial score (nSPS) is 13.4. The maximum Gasteiger partial charge on any atom is 0.0713 e. The van der Waals surface area contributed by atoms with E-state index in [0.717, 1.165) is 33.8 Å². The molecule has 0 fully saturated rings. The molecule has 0 aromatic heterocycles. The van der Waals surface area contributed by atoms with Crippen LogP contribution in [0.3, 0.4) is 0 Å². The molecule has 0 atom stereocenters. The summed E-state index contributed by atoms with van der Waals surface area (Å²) in [6.45, 7) is 4.71. The first-order valence-corrected chi connectivity index (χ1v) is 26.2. The van der Waals surface area contributed by atoms with Crippen molar-refractivity contribution in [2.75, 3.05) is 4.90 Å². The first-order chi connectivity index (χ1) is 37.0. The van der Waals surface area contributed by atoms with Crippen LogP contribution in [0, 0.1) is 0 Å². The molecule has 0 radical (unpaired) electrons. The molecule has 0 amide bonds. The smallest absolute Gasteiger partial charge is 0.0713 e. The fourth-order valence-electron chi connectivity index (χ4n) is 12.9. The molecule has 75 heavy (non-hydrogen) atoms. The average molecular weight is 956 g/mol. The molecule has 1 nitrogen and oxygen atoms in total. The van der Waals surface area contributed by atoms with Crippen molar-refractivity contribution in [3.63, 3.8) is 0 Å². The number of rotatable bonds is 9. The van der Waals surface area contributed by atoms with Crippen molar-refractivity contribution in [3.05, 3.63) is 318 Å². The van der Waals surface area contributed by atoms with Gasteiger partial charge in [-0.2, -0.15) is 0 Å². The van der Waals surface area contributed by atoms with Gasteiger partial charge in [0.05, 0.1) is 11.1 Å². The van der Waals surface area contributed by atoms with Gasteiger partial charge in [-0.1, -0.05) is 257 Å². The molecule has 1 heteroatoms. The quantitative estimate of drug-likeness (QED) is 0.139. The Labute approximate surface area is 440 Å². The minimum Gasteiger partial charge on any atom is -0.310 e. The largest absolute Gasteiger partial charge is 0.310 e. The van der Waals surface area contributed by atoms with Crippen molar-refractivity contribution in [1.29, 1.82) is 0 Å². The maximum atomic E-state index is 2.50. The minimum absolute atomic E-state index is 0.0755. The molecule has 14 rings (SSSR count). The summed E-state index contributed by atoms with van der Waals surface area (Å²) >= 11 is 0. The Morgan fingerprint density at radius 3 is 1.35 bits per heavy atom. The molecule has 0 N–H and O–H groups in total. The van der Waals surface area contributed by atoms with E-state index in [-0.39, 0.29) is 5.41 Å².